The molecular formula is C21H23N3O5S2. The maximum Gasteiger partial charge on any atom is 0.271 e. The predicted molar refractivity (Wildman–Crippen MR) is 119 cm³/mol. The third-order valence-corrected chi connectivity index (χ3v) is 7.65. The van der Waals surface area contributed by atoms with E-state index in [1.807, 2.05) is 17.5 Å². The van der Waals surface area contributed by atoms with Crippen LogP contribution in [0.25, 0.3) is 10.6 Å². The van der Waals surface area contributed by atoms with Crippen LogP contribution < -0.4 is 14.8 Å². The first-order valence-electron chi connectivity index (χ1n) is 9.84. The van der Waals surface area contributed by atoms with Crippen molar-refractivity contribution in [2.75, 3.05) is 31.8 Å². The molecule has 31 heavy (non-hydrogen) atoms. The zero-order valence-electron chi connectivity index (χ0n) is 17.0. The normalized spacial score (nSPS) is 17.4. The van der Waals surface area contributed by atoms with Crippen molar-refractivity contribution >= 4 is 27.1 Å². The summed E-state index contributed by atoms with van der Waals surface area (Å²) in [5.41, 5.74) is 1.02. The SMILES string of the molecule is COc1ccc(OCCNC(=O)c2cc(-c3cccs3)n([C@@H]3CCS(=O)(=O)C3)n2)cc1. The quantitative estimate of drug-likeness (QED) is 0.518. The fraction of sp³-hybridized carbons (Fsp3) is 0.333. The first-order chi connectivity index (χ1) is 14.9. The molecule has 1 aromatic carbocycles. The van der Waals surface area contributed by atoms with E-state index in [1.165, 1.54) is 11.3 Å². The standard InChI is InChI=1S/C21H23N3O5S2/c1-28-16-4-6-17(7-5-16)29-10-9-22-21(25)18-13-19(20-3-2-11-30-20)24(23-18)15-8-12-31(26,27)14-15/h2-7,11,13,15H,8-10,12,14H2,1H3,(H,22,25)/t15-/m1/s1. The van der Waals surface area contributed by atoms with Crippen molar-refractivity contribution in [3.63, 3.8) is 0 Å². The number of methoxy groups -OCH3 is 1. The van der Waals surface area contributed by atoms with Gasteiger partial charge in [-0.25, -0.2) is 8.42 Å². The van der Waals surface area contributed by atoms with Gasteiger partial charge in [-0.2, -0.15) is 5.10 Å². The molecule has 3 heterocycles. The number of nitrogens with zero attached hydrogens (tertiary/aromatic N) is 2. The first kappa shape index (κ1) is 21.4. The van der Waals surface area contributed by atoms with Gasteiger partial charge in [0.1, 0.15) is 18.1 Å². The molecule has 10 heteroatoms. The largest absolute Gasteiger partial charge is 0.497 e. The van der Waals surface area contributed by atoms with Crippen molar-refractivity contribution in [2.45, 2.75) is 12.5 Å². The van der Waals surface area contributed by atoms with Crippen molar-refractivity contribution in [1.82, 2.24) is 15.1 Å². The smallest absolute Gasteiger partial charge is 0.271 e. The van der Waals surface area contributed by atoms with Gasteiger partial charge in [0, 0.05) is 0 Å². The second-order valence-electron chi connectivity index (χ2n) is 7.17. The summed E-state index contributed by atoms with van der Waals surface area (Å²) in [7, 11) is -1.47. The molecule has 0 aliphatic carbocycles. The molecule has 1 aliphatic heterocycles. The van der Waals surface area contributed by atoms with Crippen molar-refractivity contribution in [3.8, 4) is 22.1 Å². The third kappa shape index (κ3) is 5.08. The van der Waals surface area contributed by atoms with Crippen LogP contribution in [0.2, 0.25) is 0 Å². The Morgan fingerprint density at radius 2 is 2.03 bits per heavy atom. The molecule has 0 saturated carbocycles. The minimum Gasteiger partial charge on any atom is -0.497 e. The van der Waals surface area contributed by atoms with E-state index in [0.717, 1.165) is 16.3 Å². The maximum atomic E-state index is 12.6. The summed E-state index contributed by atoms with van der Waals surface area (Å²) >= 11 is 1.52. The van der Waals surface area contributed by atoms with Gasteiger partial charge in [0.15, 0.2) is 15.5 Å². The topological polar surface area (TPSA) is 99.5 Å². The highest BCUT2D eigenvalue weighted by Gasteiger charge is 2.32. The molecule has 1 fully saturated rings. The molecule has 0 spiro atoms. The third-order valence-electron chi connectivity index (χ3n) is 5.01. The van der Waals surface area contributed by atoms with Crippen LogP contribution in [0.5, 0.6) is 11.5 Å². The highest BCUT2D eigenvalue weighted by molar-refractivity contribution is 7.91. The molecule has 0 unspecified atom stereocenters. The number of rotatable bonds is 8. The average molecular weight is 462 g/mol. The molecule has 0 radical (unpaired) electrons. The van der Waals surface area contributed by atoms with E-state index in [4.69, 9.17) is 9.47 Å². The number of sulfone groups is 1. The molecule has 3 aromatic rings. The molecule has 2 aromatic heterocycles. The summed E-state index contributed by atoms with van der Waals surface area (Å²) in [5.74, 6) is 1.29. The van der Waals surface area contributed by atoms with Gasteiger partial charge in [0.2, 0.25) is 0 Å². The lowest BCUT2D eigenvalue weighted by atomic mass is 10.2. The Morgan fingerprint density at radius 3 is 2.68 bits per heavy atom. The minimum absolute atomic E-state index is 0.0455. The van der Waals surface area contributed by atoms with E-state index in [9.17, 15) is 13.2 Å². The number of ether oxygens (including phenoxy) is 2. The van der Waals surface area contributed by atoms with E-state index in [1.54, 1.807) is 42.1 Å². The van der Waals surface area contributed by atoms with E-state index in [-0.39, 0.29) is 29.1 Å². The van der Waals surface area contributed by atoms with Gasteiger partial charge in [0.05, 0.1) is 41.8 Å². The van der Waals surface area contributed by atoms with Gasteiger partial charge in [-0.15, -0.1) is 11.3 Å². The van der Waals surface area contributed by atoms with Crippen LogP contribution >= 0.6 is 11.3 Å². The number of carbonyl (C=O) groups is 1. The summed E-state index contributed by atoms with van der Waals surface area (Å²) in [5, 5.41) is 9.21. The molecule has 4 rings (SSSR count). The lowest BCUT2D eigenvalue weighted by molar-refractivity contribution is 0.0941. The Hall–Kier alpha value is -2.85. The van der Waals surface area contributed by atoms with Crippen LogP contribution in [-0.2, 0) is 9.84 Å². The molecule has 0 bridgehead atoms. The highest BCUT2D eigenvalue weighted by atomic mass is 32.2. The van der Waals surface area contributed by atoms with Gasteiger partial charge in [-0.1, -0.05) is 6.07 Å². The fourth-order valence-electron chi connectivity index (χ4n) is 3.46. The van der Waals surface area contributed by atoms with Gasteiger partial charge < -0.3 is 14.8 Å². The van der Waals surface area contributed by atoms with Crippen molar-refractivity contribution in [3.05, 3.63) is 53.5 Å². The van der Waals surface area contributed by atoms with Gasteiger partial charge in [0.25, 0.3) is 5.91 Å². The molecule has 1 amide bonds. The van der Waals surface area contributed by atoms with Crippen LogP contribution in [0.4, 0.5) is 0 Å². The Labute approximate surface area is 184 Å². The number of hydrogen-bond donors (Lipinski definition) is 1. The molecule has 1 N–H and O–H groups in total. The second-order valence-corrected chi connectivity index (χ2v) is 10.3. The number of hydrogen-bond acceptors (Lipinski definition) is 7. The number of carbonyl (C=O) groups excluding carboxylic acids is 1. The van der Waals surface area contributed by atoms with E-state index >= 15 is 0 Å². The second kappa shape index (κ2) is 9.11. The van der Waals surface area contributed by atoms with Gasteiger partial charge >= 0.3 is 0 Å². The first-order valence-corrected chi connectivity index (χ1v) is 12.5. The maximum absolute atomic E-state index is 12.6. The van der Waals surface area contributed by atoms with Crippen molar-refractivity contribution in [2.24, 2.45) is 0 Å². The molecule has 1 saturated heterocycles. The molecule has 8 nitrogen and oxygen atoms in total. The summed E-state index contributed by atoms with van der Waals surface area (Å²) in [6, 6.07) is 12.5. The summed E-state index contributed by atoms with van der Waals surface area (Å²) in [6.07, 6.45) is 0.499. The Morgan fingerprint density at radius 1 is 1.26 bits per heavy atom. The summed E-state index contributed by atoms with van der Waals surface area (Å²) in [6.45, 7) is 0.612. The number of aromatic nitrogens is 2. The minimum atomic E-state index is -3.07. The van der Waals surface area contributed by atoms with Crippen molar-refractivity contribution < 1.29 is 22.7 Å². The lowest BCUT2D eigenvalue weighted by Gasteiger charge is -2.12. The van der Waals surface area contributed by atoms with Crippen LogP contribution in [0.3, 0.4) is 0 Å². The fourth-order valence-corrected chi connectivity index (χ4v) is 5.88. The van der Waals surface area contributed by atoms with E-state index in [0.29, 0.717) is 25.3 Å². The predicted octanol–water partition coefficient (Wildman–Crippen LogP) is 2.79. The van der Waals surface area contributed by atoms with Crippen LogP contribution in [0.1, 0.15) is 23.0 Å². The monoisotopic (exact) mass is 461 g/mol. The highest BCUT2D eigenvalue weighted by Crippen LogP contribution is 2.32. The van der Waals surface area contributed by atoms with Gasteiger partial charge in [-0.05, 0) is 48.2 Å². The van der Waals surface area contributed by atoms with Crippen LogP contribution in [0.15, 0.2) is 47.8 Å². The zero-order chi connectivity index (χ0) is 21.8. The Kier molecular flexibility index (Phi) is 6.28. The number of benzene rings is 1. The Balaban J connectivity index is 1.41. The molecule has 1 atom stereocenters. The molecule has 164 valence electrons. The molecular weight excluding hydrogens is 438 g/mol. The molecule has 1 aliphatic rings. The van der Waals surface area contributed by atoms with Gasteiger partial charge in [-0.3, -0.25) is 9.48 Å². The van der Waals surface area contributed by atoms with E-state index in [2.05, 4.69) is 10.4 Å². The summed E-state index contributed by atoms with van der Waals surface area (Å²) < 4.78 is 36.3. The number of nitrogens with one attached hydrogen (secondary N) is 1. The average Bonchev–Trinajstić information content (AvgIpc) is 3.50. The van der Waals surface area contributed by atoms with Crippen LogP contribution in [-0.4, -0.2) is 55.9 Å². The van der Waals surface area contributed by atoms with E-state index < -0.39 is 9.84 Å². The van der Waals surface area contributed by atoms with Crippen molar-refractivity contribution in [1.29, 1.82) is 0 Å². The lowest BCUT2D eigenvalue weighted by Crippen LogP contribution is -2.28. The summed E-state index contributed by atoms with van der Waals surface area (Å²) in [4.78, 5) is 13.6. The zero-order valence-corrected chi connectivity index (χ0v) is 18.6. The van der Waals surface area contributed by atoms with Crippen LogP contribution in [0, 0.1) is 0 Å². The number of thiophene rings is 1. The Bertz CT molecular complexity index is 1140. The number of amides is 1.